The highest BCUT2D eigenvalue weighted by atomic mass is 16.4. The molecule has 0 aromatic carbocycles. The van der Waals surface area contributed by atoms with Crippen molar-refractivity contribution in [3.05, 3.63) is 0 Å². The van der Waals surface area contributed by atoms with Gasteiger partial charge in [0.2, 0.25) is 23.6 Å². The maximum absolute atomic E-state index is 13.2. The fraction of sp³-hybridized carbons (Fsp3) is 0.750. The predicted octanol–water partition coefficient (Wildman–Crippen LogP) is -1.62. The number of guanidine groups is 1. The Morgan fingerprint density at radius 2 is 1.24 bits per heavy atom. The molecular formula is C24H46N8O6. The van der Waals surface area contributed by atoms with E-state index in [0.717, 1.165) is 0 Å². The third-order valence-electron chi connectivity index (χ3n) is 5.83. The molecule has 5 atom stereocenters. The minimum absolute atomic E-state index is 0.102. The predicted molar refractivity (Wildman–Crippen MR) is 143 cm³/mol. The van der Waals surface area contributed by atoms with Crippen LogP contribution in [-0.4, -0.2) is 77.4 Å². The molecule has 0 aliphatic rings. The molecule has 218 valence electrons. The average molecular weight is 543 g/mol. The van der Waals surface area contributed by atoms with E-state index in [1.807, 2.05) is 0 Å². The zero-order chi connectivity index (χ0) is 29.7. The molecule has 0 fully saturated rings. The molecule has 0 aliphatic carbocycles. The van der Waals surface area contributed by atoms with Crippen molar-refractivity contribution in [2.45, 2.75) is 91.5 Å². The van der Waals surface area contributed by atoms with Gasteiger partial charge in [-0.15, -0.1) is 0 Å². The standard InChI is InChI=1S/C24H46N8O6/c1-11(2)16(25)21(35)30-15(9-8-10-28-24(26)27)20(34)31-17(12(3)4)22(36)29-14(7)19(33)32-18(13(5)6)23(37)38/h11-18H,8-10,25H2,1-7H3,(H,29,36)(H,30,35)(H,31,34)(H,32,33)(H,37,38)(H4,26,27,28)/t14-,15-,16-,17-,18-/m0/s1. The molecule has 14 nitrogen and oxygen atoms in total. The molecule has 4 amide bonds. The van der Waals surface area contributed by atoms with Gasteiger partial charge in [-0.05, 0) is 37.5 Å². The van der Waals surface area contributed by atoms with Gasteiger partial charge >= 0.3 is 5.97 Å². The van der Waals surface area contributed by atoms with Gasteiger partial charge in [-0.2, -0.15) is 0 Å². The molecule has 0 spiro atoms. The number of nitrogens with zero attached hydrogens (tertiary/aromatic N) is 1. The van der Waals surface area contributed by atoms with Crippen LogP contribution in [0, 0.1) is 17.8 Å². The molecule has 38 heavy (non-hydrogen) atoms. The van der Waals surface area contributed by atoms with Crippen LogP contribution in [0.1, 0.15) is 61.3 Å². The number of aliphatic carboxylic acids is 1. The summed E-state index contributed by atoms with van der Waals surface area (Å²) in [5.74, 6) is -4.67. The van der Waals surface area contributed by atoms with E-state index >= 15 is 0 Å². The van der Waals surface area contributed by atoms with E-state index in [2.05, 4.69) is 26.3 Å². The van der Waals surface area contributed by atoms with Crippen molar-refractivity contribution in [3.63, 3.8) is 0 Å². The monoisotopic (exact) mass is 542 g/mol. The van der Waals surface area contributed by atoms with E-state index in [1.54, 1.807) is 41.5 Å². The van der Waals surface area contributed by atoms with Gasteiger partial charge in [-0.3, -0.25) is 24.2 Å². The SMILES string of the molecule is CC(C)[C@H](N)C(=O)N[C@@H](CCCN=C(N)N)C(=O)N[C@H](C(=O)N[C@@H](C)C(=O)N[C@H](C(=O)O)C(C)C)C(C)C. The molecule has 0 aromatic rings. The summed E-state index contributed by atoms with van der Waals surface area (Å²) in [5, 5.41) is 19.5. The second-order valence-electron chi connectivity index (χ2n) is 10.3. The van der Waals surface area contributed by atoms with Crippen LogP contribution >= 0.6 is 0 Å². The van der Waals surface area contributed by atoms with Crippen molar-refractivity contribution in [2.75, 3.05) is 6.54 Å². The van der Waals surface area contributed by atoms with E-state index in [4.69, 9.17) is 17.2 Å². The van der Waals surface area contributed by atoms with Crippen molar-refractivity contribution in [2.24, 2.45) is 39.9 Å². The Kier molecular flexibility index (Phi) is 14.9. The Balaban J connectivity index is 5.52. The molecule has 0 unspecified atom stereocenters. The molecular weight excluding hydrogens is 496 g/mol. The Morgan fingerprint density at radius 1 is 0.711 bits per heavy atom. The van der Waals surface area contributed by atoms with Crippen LogP contribution in [0.2, 0.25) is 0 Å². The number of hydrogen-bond donors (Lipinski definition) is 8. The number of aliphatic imine (C=N–C) groups is 1. The number of rotatable bonds is 16. The average Bonchev–Trinajstić information content (AvgIpc) is 2.80. The van der Waals surface area contributed by atoms with Gasteiger partial charge in [0, 0.05) is 6.54 Å². The minimum Gasteiger partial charge on any atom is -0.480 e. The van der Waals surface area contributed by atoms with Crippen molar-refractivity contribution in [3.8, 4) is 0 Å². The van der Waals surface area contributed by atoms with Gasteiger partial charge in [0.05, 0.1) is 6.04 Å². The number of hydrogen-bond acceptors (Lipinski definition) is 7. The van der Waals surface area contributed by atoms with Crippen LogP contribution < -0.4 is 38.5 Å². The largest absolute Gasteiger partial charge is 0.480 e. The summed E-state index contributed by atoms with van der Waals surface area (Å²) < 4.78 is 0. The molecule has 0 heterocycles. The van der Waals surface area contributed by atoms with Gasteiger partial charge in [0.25, 0.3) is 0 Å². The van der Waals surface area contributed by atoms with Crippen LogP contribution in [0.3, 0.4) is 0 Å². The van der Waals surface area contributed by atoms with Gasteiger partial charge in [-0.1, -0.05) is 41.5 Å². The summed E-state index contributed by atoms with van der Waals surface area (Å²) in [6.45, 7) is 11.9. The van der Waals surface area contributed by atoms with Crippen molar-refractivity contribution < 1.29 is 29.1 Å². The lowest BCUT2D eigenvalue weighted by molar-refractivity contribution is -0.143. The topological polar surface area (TPSA) is 244 Å². The zero-order valence-electron chi connectivity index (χ0n) is 23.4. The molecule has 0 bridgehead atoms. The molecule has 0 rings (SSSR count). The lowest BCUT2D eigenvalue weighted by Gasteiger charge is -2.27. The molecule has 11 N–H and O–H groups in total. The van der Waals surface area contributed by atoms with E-state index in [1.165, 1.54) is 6.92 Å². The van der Waals surface area contributed by atoms with E-state index in [9.17, 15) is 29.1 Å². The smallest absolute Gasteiger partial charge is 0.326 e. The lowest BCUT2D eigenvalue weighted by atomic mass is 10.0. The van der Waals surface area contributed by atoms with Crippen molar-refractivity contribution in [1.29, 1.82) is 0 Å². The van der Waals surface area contributed by atoms with Gasteiger partial charge in [0.15, 0.2) is 5.96 Å². The summed E-state index contributed by atoms with van der Waals surface area (Å²) in [7, 11) is 0. The summed E-state index contributed by atoms with van der Waals surface area (Å²) in [6, 6.07) is -5.09. The van der Waals surface area contributed by atoms with Crippen molar-refractivity contribution in [1.82, 2.24) is 21.3 Å². The number of carboxylic acids is 1. The Morgan fingerprint density at radius 3 is 1.68 bits per heavy atom. The van der Waals surface area contributed by atoms with Crippen LogP contribution in [0.4, 0.5) is 0 Å². The first-order valence-electron chi connectivity index (χ1n) is 12.7. The van der Waals surface area contributed by atoms with Crippen LogP contribution in [0.25, 0.3) is 0 Å². The first kappa shape index (κ1) is 34.6. The first-order valence-corrected chi connectivity index (χ1v) is 12.7. The maximum atomic E-state index is 13.2. The maximum Gasteiger partial charge on any atom is 0.326 e. The molecule has 0 saturated heterocycles. The highest BCUT2D eigenvalue weighted by Crippen LogP contribution is 2.08. The van der Waals surface area contributed by atoms with Gasteiger partial charge in [-0.25, -0.2) is 4.79 Å². The minimum atomic E-state index is -1.19. The lowest BCUT2D eigenvalue weighted by Crippen LogP contribution is -2.59. The summed E-state index contributed by atoms with van der Waals surface area (Å²) in [5.41, 5.74) is 16.6. The zero-order valence-corrected chi connectivity index (χ0v) is 23.4. The third-order valence-corrected chi connectivity index (χ3v) is 5.83. The second kappa shape index (κ2) is 16.4. The molecule has 0 radical (unpaired) electrons. The van der Waals surface area contributed by atoms with Crippen LogP contribution in [-0.2, 0) is 24.0 Å². The Hall–Kier alpha value is -3.42. The summed E-state index contributed by atoms with van der Waals surface area (Å²) in [6.07, 6.45) is 0.541. The quantitative estimate of drug-likeness (QED) is 0.0633. The second-order valence-corrected chi connectivity index (χ2v) is 10.3. The van der Waals surface area contributed by atoms with Gasteiger partial charge < -0.3 is 43.6 Å². The normalized spacial score (nSPS) is 15.1. The first-order chi connectivity index (χ1) is 17.5. The van der Waals surface area contributed by atoms with Crippen LogP contribution in [0.15, 0.2) is 4.99 Å². The number of nitrogens with two attached hydrogens (primary N) is 3. The fourth-order valence-corrected chi connectivity index (χ4v) is 3.29. The van der Waals surface area contributed by atoms with E-state index in [0.29, 0.717) is 6.42 Å². The number of nitrogens with one attached hydrogen (secondary N) is 4. The van der Waals surface area contributed by atoms with Gasteiger partial charge in [0.1, 0.15) is 24.2 Å². The molecule has 0 aromatic heterocycles. The Labute approximate surface area is 224 Å². The number of carbonyl (C=O) groups is 5. The fourth-order valence-electron chi connectivity index (χ4n) is 3.29. The number of carbonyl (C=O) groups excluding carboxylic acids is 4. The highest BCUT2D eigenvalue weighted by molar-refractivity contribution is 5.95. The number of amides is 4. The summed E-state index contributed by atoms with van der Waals surface area (Å²) >= 11 is 0. The molecule has 0 saturated carbocycles. The van der Waals surface area contributed by atoms with Crippen molar-refractivity contribution >= 4 is 35.6 Å². The molecule has 14 heteroatoms. The Bertz CT molecular complexity index is 857. The van der Waals surface area contributed by atoms with E-state index < -0.39 is 59.8 Å². The van der Waals surface area contributed by atoms with E-state index in [-0.39, 0.29) is 36.7 Å². The molecule has 0 aliphatic heterocycles. The van der Waals surface area contributed by atoms with Crippen LogP contribution in [0.5, 0.6) is 0 Å². The summed E-state index contributed by atoms with van der Waals surface area (Å²) in [4.78, 5) is 66.4. The third kappa shape index (κ3) is 12.2. The highest BCUT2D eigenvalue weighted by Gasteiger charge is 2.32. The number of carboxylic acid groups (broad SMARTS) is 1.